The average Bonchev–Trinajstić information content (AvgIpc) is 4.00. The summed E-state index contributed by atoms with van der Waals surface area (Å²) in [7, 11) is 0. The predicted octanol–water partition coefficient (Wildman–Crippen LogP) is 16.2. The van der Waals surface area contributed by atoms with Crippen molar-refractivity contribution in [2.45, 2.75) is 0 Å². The number of anilines is 3. The van der Waals surface area contributed by atoms with Crippen molar-refractivity contribution >= 4 is 103 Å². The fraction of sp³-hybridized carbons (Fsp3) is 0. The molecule has 0 saturated heterocycles. The standard InChI is InChI=1S/C53H32N2OS2/c1-2-9-33(10-3-1)35-17-23-39(24-18-35)55(41-27-19-34-11-4-5-12-37(34)31-41)40-25-20-36(21-26-40)42-14-8-15-45-50-47(56-51(42)45)30-29-46-52(50)58-53(54-46)38-22-28-44-43-13-6-7-16-48(43)57-49(44)32-38/h1-32H. The lowest BCUT2D eigenvalue weighted by molar-refractivity contribution is 0.670. The Morgan fingerprint density at radius 3 is 1.95 bits per heavy atom. The fourth-order valence-electron chi connectivity index (χ4n) is 8.46. The van der Waals surface area contributed by atoms with Gasteiger partial charge in [-0.3, -0.25) is 0 Å². The third kappa shape index (κ3) is 5.43. The largest absolute Gasteiger partial charge is 0.455 e. The topological polar surface area (TPSA) is 29.3 Å². The molecule has 0 aliphatic rings. The number of furan rings is 1. The van der Waals surface area contributed by atoms with Gasteiger partial charge in [0, 0.05) is 59.1 Å². The second-order valence-corrected chi connectivity index (χ2v) is 16.8. The molecule has 5 heteroatoms. The molecule has 3 nitrogen and oxygen atoms in total. The molecule has 0 atom stereocenters. The minimum absolute atomic E-state index is 0.878. The van der Waals surface area contributed by atoms with Crippen LogP contribution >= 0.6 is 22.7 Å². The van der Waals surface area contributed by atoms with E-state index >= 15 is 0 Å². The first-order valence-electron chi connectivity index (χ1n) is 19.4. The molecule has 0 radical (unpaired) electrons. The van der Waals surface area contributed by atoms with E-state index in [0.717, 1.165) is 70.9 Å². The molecule has 0 unspecified atom stereocenters. The molecule has 3 aromatic heterocycles. The molecule has 0 bridgehead atoms. The lowest BCUT2D eigenvalue weighted by Crippen LogP contribution is -2.09. The van der Waals surface area contributed by atoms with Crippen molar-refractivity contribution in [1.29, 1.82) is 0 Å². The SMILES string of the molecule is c1ccc(-c2ccc(N(c3ccc(-c4cccc5c4oc4ccc6nc(-c7ccc8c(c7)sc7ccccc78)sc6c45)cc3)c3ccc4ccccc4c3)cc2)cc1. The zero-order chi connectivity index (χ0) is 38.2. The lowest BCUT2D eigenvalue weighted by Gasteiger charge is -2.26. The first-order chi connectivity index (χ1) is 28.7. The number of aromatic nitrogens is 1. The minimum Gasteiger partial charge on any atom is -0.455 e. The van der Waals surface area contributed by atoms with Crippen LogP contribution in [0.2, 0.25) is 0 Å². The zero-order valence-corrected chi connectivity index (χ0v) is 32.7. The molecule has 12 aromatic rings. The molecule has 0 aliphatic carbocycles. The molecule has 0 fully saturated rings. The third-order valence-corrected chi connectivity index (χ3v) is 13.6. The normalized spacial score (nSPS) is 11.8. The number of rotatable bonds is 6. The van der Waals surface area contributed by atoms with Crippen LogP contribution in [0.5, 0.6) is 0 Å². The van der Waals surface area contributed by atoms with E-state index in [1.54, 1.807) is 11.3 Å². The number of hydrogen-bond donors (Lipinski definition) is 0. The highest BCUT2D eigenvalue weighted by molar-refractivity contribution is 7.26. The Labute approximate surface area is 342 Å². The smallest absolute Gasteiger partial charge is 0.143 e. The Hall–Kier alpha value is -7.05. The van der Waals surface area contributed by atoms with Gasteiger partial charge in [-0.1, -0.05) is 133 Å². The summed E-state index contributed by atoms with van der Waals surface area (Å²) in [4.78, 5) is 7.49. The van der Waals surface area contributed by atoms with Crippen molar-refractivity contribution < 1.29 is 4.42 Å². The van der Waals surface area contributed by atoms with Crippen molar-refractivity contribution in [3.05, 3.63) is 194 Å². The summed E-state index contributed by atoms with van der Waals surface area (Å²) in [5, 5.41) is 8.29. The summed E-state index contributed by atoms with van der Waals surface area (Å²) in [6, 6.07) is 69.6. The van der Waals surface area contributed by atoms with E-state index in [9.17, 15) is 0 Å². The molecular weight excluding hydrogens is 745 g/mol. The van der Waals surface area contributed by atoms with E-state index in [2.05, 4.69) is 199 Å². The van der Waals surface area contributed by atoms with Crippen LogP contribution in [0.1, 0.15) is 0 Å². The average molecular weight is 777 g/mol. The highest BCUT2D eigenvalue weighted by Crippen LogP contribution is 2.45. The molecule has 0 spiro atoms. The van der Waals surface area contributed by atoms with Crippen LogP contribution in [0.25, 0.3) is 95.9 Å². The van der Waals surface area contributed by atoms with Gasteiger partial charge >= 0.3 is 0 Å². The Balaban J connectivity index is 0.933. The highest BCUT2D eigenvalue weighted by atomic mass is 32.1. The maximum atomic E-state index is 6.73. The molecule has 0 N–H and O–H groups in total. The Morgan fingerprint density at radius 1 is 0.431 bits per heavy atom. The maximum absolute atomic E-state index is 6.73. The van der Waals surface area contributed by atoms with Crippen molar-refractivity contribution in [3.63, 3.8) is 0 Å². The van der Waals surface area contributed by atoms with Crippen LogP contribution in [0, 0.1) is 0 Å². The number of thiophene rings is 1. The van der Waals surface area contributed by atoms with Crippen LogP contribution in [0.4, 0.5) is 17.1 Å². The van der Waals surface area contributed by atoms with Crippen molar-refractivity contribution in [2.24, 2.45) is 0 Å². The Kier molecular flexibility index (Phi) is 7.58. The van der Waals surface area contributed by atoms with E-state index < -0.39 is 0 Å². The van der Waals surface area contributed by atoms with Gasteiger partial charge in [-0.15, -0.1) is 22.7 Å². The molecule has 58 heavy (non-hydrogen) atoms. The highest BCUT2D eigenvalue weighted by Gasteiger charge is 2.19. The molecule has 0 amide bonds. The van der Waals surface area contributed by atoms with Crippen LogP contribution in [-0.2, 0) is 0 Å². The van der Waals surface area contributed by atoms with Crippen molar-refractivity contribution in [2.75, 3.05) is 4.90 Å². The Morgan fingerprint density at radius 2 is 1.10 bits per heavy atom. The van der Waals surface area contributed by atoms with Gasteiger partial charge in [0.2, 0.25) is 0 Å². The summed E-state index contributed by atoms with van der Waals surface area (Å²) in [5.74, 6) is 0. The van der Waals surface area contributed by atoms with Crippen molar-refractivity contribution in [3.8, 4) is 32.8 Å². The number of fused-ring (bicyclic) bond motifs is 9. The van der Waals surface area contributed by atoms with Gasteiger partial charge in [-0.25, -0.2) is 4.98 Å². The molecule has 0 saturated carbocycles. The molecule has 12 rings (SSSR count). The summed E-state index contributed by atoms with van der Waals surface area (Å²) < 4.78 is 10.5. The minimum atomic E-state index is 0.878. The third-order valence-electron chi connectivity index (χ3n) is 11.3. The molecule has 9 aromatic carbocycles. The van der Waals surface area contributed by atoms with Gasteiger partial charge in [0.05, 0.1) is 10.2 Å². The van der Waals surface area contributed by atoms with Gasteiger partial charge in [-0.05, 0) is 88.1 Å². The molecule has 272 valence electrons. The van der Waals surface area contributed by atoms with Gasteiger partial charge in [0.1, 0.15) is 16.2 Å². The number of nitrogens with zero attached hydrogens (tertiary/aromatic N) is 2. The number of hydrogen-bond acceptors (Lipinski definition) is 5. The first kappa shape index (κ1) is 33.1. The monoisotopic (exact) mass is 776 g/mol. The van der Waals surface area contributed by atoms with E-state index in [4.69, 9.17) is 9.40 Å². The molecule has 0 aliphatic heterocycles. The maximum Gasteiger partial charge on any atom is 0.143 e. The molecule has 3 heterocycles. The summed E-state index contributed by atoms with van der Waals surface area (Å²) in [6.07, 6.45) is 0. The van der Waals surface area contributed by atoms with Gasteiger partial charge in [0.25, 0.3) is 0 Å². The van der Waals surface area contributed by atoms with Gasteiger partial charge in [-0.2, -0.15) is 0 Å². The van der Waals surface area contributed by atoms with Crippen molar-refractivity contribution in [1.82, 2.24) is 4.98 Å². The zero-order valence-electron chi connectivity index (χ0n) is 31.1. The number of benzene rings is 9. The van der Waals surface area contributed by atoms with E-state index in [0.29, 0.717) is 0 Å². The van der Waals surface area contributed by atoms with Gasteiger partial charge < -0.3 is 9.32 Å². The lowest BCUT2D eigenvalue weighted by atomic mass is 10.0. The van der Waals surface area contributed by atoms with E-state index in [-0.39, 0.29) is 0 Å². The van der Waals surface area contributed by atoms with E-state index in [1.165, 1.54) is 42.1 Å². The number of para-hydroxylation sites is 1. The summed E-state index contributed by atoms with van der Waals surface area (Å²) in [6.45, 7) is 0. The predicted molar refractivity (Wildman–Crippen MR) is 248 cm³/mol. The van der Waals surface area contributed by atoms with Crippen LogP contribution in [-0.4, -0.2) is 4.98 Å². The van der Waals surface area contributed by atoms with Crippen LogP contribution in [0.15, 0.2) is 199 Å². The first-order valence-corrected chi connectivity index (χ1v) is 21.1. The van der Waals surface area contributed by atoms with Crippen LogP contribution in [0.3, 0.4) is 0 Å². The molecular formula is C53H32N2OS2. The fourth-order valence-corrected chi connectivity index (χ4v) is 10.7. The van der Waals surface area contributed by atoms with Gasteiger partial charge in [0.15, 0.2) is 0 Å². The second kappa shape index (κ2) is 13.3. The number of thiazole rings is 1. The Bertz CT molecular complexity index is 3510. The van der Waals surface area contributed by atoms with E-state index in [1.807, 2.05) is 11.3 Å². The summed E-state index contributed by atoms with van der Waals surface area (Å²) >= 11 is 3.59. The quantitative estimate of drug-likeness (QED) is 0.168. The summed E-state index contributed by atoms with van der Waals surface area (Å²) in [5.41, 5.74) is 11.8. The second-order valence-electron chi connectivity index (χ2n) is 14.7. The van der Waals surface area contributed by atoms with Crippen LogP contribution < -0.4 is 4.90 Å².